The van der Waals surface area contributed by atoms with Crippen LogP contribution in [0.25, 0.3) is 0 Å². The first-order chi connectivity index (χ1) is 15.4. The fourth-order valence-corrected chi connectivity index (χ4v) is 6.75. The van der Waals surface area contributed by atoms with E-state index in [1.807, 2.05) is 7.11 Å². The zero-order valence-corrected chi connectivity index (χ0v) is 22.5. The Morgan fingerprint density at radius 2 is 1.69 bits per heavy atom. The second kappa shape index (κ2) is 15.0. The number of hydrogen-bond acceptors (Lipinski definition) is 3. The molecular weight excluding hydrogens is 396 g/mol. The van der Waals surface area contributed by atoms with Gasteiger partial charge in [0.15, 0.2) is 6.29 Å². The molecule has 0 aromatic rings. The van der Waals surface area contributed by atoms with E-state index in [0.717, 1.165) is 37.2 Å². The monoisotopic (exact) mass is 452 g/mol. The van der Waals surface area contributed by atoms with Gasteiger partial charge < -0.3 is 14.2 Å². The van der Waals surface area contributed by atoms with Gasteiger partial charge in [-0.25, -0.2) is 0 Å². The van der Waals surface area contributed by atoms with Crippen LogP contribution in [0.3, 0.4) is 0 Å². The van der Waals surface area contributed by atoms with E-state index in [4.69, 9.17) is 14.2 Å². The van der Waals surface area contributed by atoms with E-state index in [-0.39, 0.29) is 18.5 Å². The smallest absolute Gasteiger partial charge is 0.155 e. The summed E-state index contributed by atoms with van der Waals surface area (Å²) in [6, 6.07) is 0. The highest BCUT2D eigenvalue weighted by Crippen LogP contribution is 2.51. The molecule has 2 aliphatic carbocycles. The van der Waals surface area contributed by atoms with Gasteiger partial charge in [-0.1, -0.05) is 85.5 Å². The quantitative estimate of drug-likeness (QED) is 0.184. The Bertz CT molecular complexity index is 473. The van der Waals surface area contributed by atoms with E-state index in [9.17, 15) is 0 Å². The fourth-order valence-electron chi connectivity index (χ4n) is 6.75. The summed E-state index contributed by atoms with van der Waals surface area (Å²) in [7, 11) is 1.89. The minimum atomic E-state index is -0.133. The van der Waals surface area contributed by atoms with Crippen LogP contribution < -0.4 is 0 Å². The van der Waals surface area contributed by atoms with E-state index in [2.05, 4.69) is 34.6 Å². The van der Waals surface area contributed by atoms with E-state index < -0.39 is 0 Å². The zero-order chi connectivity index (χ0) is 23.4. The van der Waals surface area contributed by atoms with Gasteiger partial charge in [-0.05, 0) is 68.6 Å². The van der Waals surface area contributed by atoms with Crippen LogP contribution in [-0.4, -0.2) is 32.2 Å². The first-order valence-corrected chi connectivity index (χ1v) is 14.2. The molecule has 0 aromatic heterocycles. The van der Waals surface area contributed by atoms with E-state index in [1.54, 1.807) is 0 Å². The Morgan fingerprint density at radius 1 is 0.938 bits per heavy atom. The van der Waals surface area contributed by atoms with E-state index >= 15 is 0 Å². The van der Waals surface area contributed by atoms with Crippen LogP contribution in [0, 0.1) is 23.2 Å². The predicted octanol–water partition coefficient (Wildman–Crippen LogP) is 8.54. The lowest BCUT2D eigenvalue weighted by atomic mass is 9.59. The predicted molar refractivity (Wildman–Crippen MR) is 136 cm³/mol. The summed E-state index contributed by atoms with van der Waals surface area (Å²) in [6.45, 7) is 12.4. The van der Waals surface area contributed by atoms with Crippen molar-refractivity contribution < 1.29 is 14.2 Å². The van der Waals surface area contributed by atoms with Crippen LogP contribution >= 0.6 is 0 Å². The Balaban J connectivity index is 1.91. The molecule has 0 saturated heterocycles. The number of rotatable bonds is 15. The van der Waals surface area contributed by atoms with Gasteiger partial charge in [0, 0.05) is 13.7 Å². The molecule has 3 nitrogen and oxygen atoms in total. The molecule has 0 amide bonds. The Morgan fingerprint density at radius 3 is 2.31 bits per heavy atom. The summed E-state index contributed by atoms with van der Waals surface area (Å²) in [5, 5.41) is 0. The third-order valence-corrected chi connectivity index (χ3v) is 8.61. The van der Waals surface area contributed by atoms with Crippen molar-refractivity contribution in [2.24, 2.45) is 23.2 Å². The van der Waals surface area contributed by atoms with Gasteiger partial charge in [0.2, 0.25) is 0 Å². The van der Waals surface area contributed by atoms with Crippen LogP contribution in [0.2, 0.25) is 0 Å². The normalized spacial score (nSPS) is 29.3. The van der Waals surface area contributed by atoms with Gasteiger partial charge in [-0.3, -0.25) is 0 Å². The molecule has 0 radical (unpaired) electrons. The number of ether oxygens (including phenoxy) is 3. The summed E-state index contributed by atoms with van der Waals surface area (Å²) in [5.41, 5.74) is 0.416. The molecule has 0 bridgehead atoms. The molecule has 0 aliphatic heterocycles. The maximum Gasteiger partial charge on any atom is 0.155 e. The zero-order valence-electron chi connectivity index (χ0n) is 22.5. The summed E-state index contributed by atoms with van der Waals surface area (Å²) in [6.07, 6.45) is 20.0. The highest BCUT2D eigenvalue weighted by Gasteiger charge is 2.45. The van der Waals surface area contributed by atoms with Gasteiger partial charge in [0.25, 0.3) is 0 Å². The molecule has 2 fully saturated rings. The highest BCUT2D eigenvalue weighted by molar-refractivity contribution is 4.96. The summed E-state index contributed by atoms with van der Waals surface area (Å²) >= 11 is 0. The standard InChI is InChI=1S/C29H56O3/c1-7-9-13-18-29(26(8-2)21-23(3)4)19-16-27(28(22-29)30-6)32-24(5)31-20-17-25-14-11-10-12-15-25/h23-28H,7-22H2,1-6H3/t24?,26?,27?,28?,29-/m1/s1. The molecule has 2 saturated carbocycles. The molecule has 0 N–H and O–H groups in total. The number of unbranched alkanes of at least 4 members (excludes halogenated alkanes) is 2. The summed E-state index contributed by atoms with van der Waals surface area (Å²) in [5.74, 6) is 2.42. The minimum Gasteiger partial charge on any atom is -0.379 e. The van der Waals surface area contributed by atoms with Gasteiger partial charge in [0.1, 0.15) is 0 Å². The molecule has 3 heteroatoms. The third-order valence-electron chi connectivity index (χ3n) is 8.61. The van der Waals surface area contributed by atoms with Crippen LogP contribution in [0.15, 0.2) is 0 Å². The maximum absolute atomic E-state index is 6.45. The second-order valence-corrected chi connectivity index (χ2v) is 11.5. The molecule has 190 valence electrons. The van der Waals surface area contributed by atoms with Gasteiger partial charge in [0.05, 0.1) is 12.2 Å². The summed E-state index contributed by atoms with van der Waals surface area (Å²) < 4.78 is 18.7. The third kappa shape index (κ3) is 8.91. The number of hydrogen-bond donors (Lipinski definition) is 0. The molecule has 2 rings (SSSR count). The first kappa shape index (κ1) is 28.1. The topological polar surface area (TPSA) is 27.7 Å². The maximum atomic E-state index is 6.45. The van der Waals surface area contributed by atoms with Gasteiger partial charge in [-0.15, -0.1) is 0 Å². The summed E-state index contributed by atoms with van der Waals surface area (Å²) in [4.78, 5) is 0. The van der Waals surface area contributed by atoms with Crippen molar-refractivity contribution in [2.75, 3.05) is 13.7 Å². The SMILES string of the molecule is CCCCC[C@@]1(C(CC)CC(C)C)CCC(OC(C)OCCC2CCCCC2)C(OC)C1. The average Bonchev–Trinajstić information content (AvgIpc) is 2.79. The van der Waals surface area contributed by atoms with E-state index in [0.29, 0.717) is 5.41 Å². The van der Waals surface area contributed by atoms with E-state index in [1.165, 1.54) is 83.5 Å². The largest absolute Gasteiger partial charge is 0.379 e. The lowest BCUT2D eigenvalue weighted by molar-refractivity contribution is -0.209. The molecule has 5 atom stereocenters. The van der Waals surface area contributed by atoms with Crippen molar-refractivity contribution in [2.45, 2.75) is 149 Å². The minimum absolute atomic E-state index is 0.133. The average molecular weight is 453 g/mol. The van der Waals surface area contributed by atoms with Crippen molar-refractivity contribution in [1.82, 2.24) is 0 Å². The fraction of sp³-hybridized carbons (Fsp3) is 1.00. The first-order valence-electron chi connectivity index (χ1n) is 14.2. The van der Waals surface area contributed by atoms with Crippen LogP contribution in [0.1, 0.15) is 131 Å². The lowest BCUT2D eigenvalue weighted by Crippen LogP contribution is -2.47. The second-order valence-electron chi connectivity index (χ2n) is 11.5. The van der Waals surface area contributed by atoms with Crippen molar-refractivity contribution in [3.63, 3.8) is 0 Å². The van der Waals surface area contributed by atoms with Crippen LogP contribution in [0.5, 0.6) is 0 Å². The van der Waals surface area contributed by atoms with Crippen molar-refractivity contribution in [3.8, 4) is 0 Å². The lowest BCUT2D eigenvalue weighted by Gasteiger charge is -2.49. The van der Waals surface area contributed by atoms with Gasteiger partial charge >= 0.3 is 0 Å². The van der Waals surface area contributed by atoms with Crippen LogP contribution in [0.4, 0.5) is 0 Å². The Labute approximate surface area is 200 Å². The number of methoxy groups -OCH3 is 1. The molecule has 32 heavy (non-hydrogen) atoms. The Kier molecular flexibility index (Phi) is 13.2. The molecule has 4 unspecified atom stereocenters. The molecular formula is C29H56O3. The molecule has 2 aliphatic rings. The molecule has 0 heterocycles. The van der Waals surface area contributed by atoms with Crippen molar-refractivity contribution >= 4 is 0 Å². The Hall–Kier alpha value is -0.120. The highest BCUT2D eigenvalue weighted by atomic mass is 16.7. The molecule has 0 aromatic carbocycles. The van der Waals surface area contributed by atoms with Crippen molar-refractivity contribution in [1.29, 1.82) is 0 Å². The van der Waals surface area contributed by atoms with Crippen molar-refractivity contribution in [3.05, 3.63) is 0 Å². The van der Waals surface area contributed by atoms with Crippen LogP contribution in [-0.2, 0) is 14.2 Å². The molecule has 0 spiro atoms. The van der Waals surface area contributed by atoms with Gasteiger partial charge in [-0.2, -0.15) is 0 Å².